The van der Waals surface area contributed by atoms with Gasteiger partial charge in [-0.1, -0.05) is 76.2 Å². The normalized spacial score (nSPS) is 14.0. The van der Waals surface area contributed by atoms with Gasteiger partial charge >= 0.3 is 5.97 Å². The third-order valence-electron chi connectivity index (χ3n) is 7.23. The fourth-order valence-corrected chi connectivity index (χ4v) is 7.47. The number of carboxylic acids is 1. The molecule has 0 saturated heterocycles. The van der Waals surface area contributed by atoms with Crippen LogP contribution in [0.15, 0.2) is 34.1 Å². The SMILES string of the molecule is CC(C)CCNC(Cc1cc(SC(C)(C)Sc2cc(C(C)(C)C)c(O)c(C(C)(C)C)c2)cc(C(C)(C)C)c1O)C(=O)O. The molecule has 1 unspecified atom stereocenters. The Hall–Kier alpha value is -1.83. The minimum Gasteiger partial charge on any atom is -0.507 e. The number of benzene rings is 2. The fraction of sp³-hybridized carbons (Fsp3) is 0.629. The zero-order valence-corrected chi connectivity index (χ0v) is 29.8. The Balaban J connectivity index is 2.51. The number of aliphatic carboxylic acids is 1. The lowest BCUT2D eigenvalue weighted by molar-refractivity contribution is -0.139. The summed E-state index contributed by atoms with van der Waals surface area (Å²) in [5.41, 5.74) is 2.57. The van der Waals surface area contributed by atoms with Gasteiger partial charge in [0, 0.05) is 32.9 Å². The predicted molar refractivity (Wildman–Crippen MR) is 181 cm³/mol. The Morgan fingerprint density at radius 3 is 1.52 bits per heavy atom. The van der Waals surface area contributed by atoms with Crippen LogP contribution in [0, 0.1) is 5.92 Å². The van der Waals surface area contributed by atoms with Gasteiger partial charge in [-0.15, -0.1) is 23.5 Å². The summed E-state index contributed by atoms with van der Waals surface area (Å²) < 4.78 is -0.299. The van der Waals surface area contributed by atoms with Gasteiger partial charge in [0.1, 0.15) is 17.5 Å². The molecule has 0 heterocycles. The van der Waals surface area contributed by atoms with Crippen molar-refractivity contribution in [2.45, 2.75) is 139 Å². The molecule has 1 atom stereocenters. The van der Waals surface area contributed by atoms with Gasteiger partial charge in [-0.3, -0.25) is 4.79 Å². The summed E-state index contributed by atoms with van der Waals surface area (Å²) in [6.45, 7) is 28.1. The van der Waals surface area contributed by atoms with E-state index < -0.39 is 12.0 Å². The van der Waals surface area contributed by atoms with E-state index in [-0.39, 0.29) is 32.5 Å². The average Bonchev–Trinajstić information content (AvgIpc) is 2.78. The summed E-state index contributed by atoms with van der Waals surface area (Å²) >= 11 is 3.45. The van der Waals surface area contributed by atoms with Crippen molar-refractivity contribution in [1.82, 2.24) is 5.32 Å². The zero-order chi connectivity index (χ0) is 32.4. The summed E-state index contributed by atoms with van der Waals surface area (Å²) in [4.78, 5) is 14.2. The Labute approximate surface area is 263 Å². The second-order valence-corrected chi connectivity index (χ2v) is 19.1. The van der Waals surface area contributed by atoms with E-state index in [0.717, 1.165) is 32.9 Å². The first kappa shape index (κ1) is 36.4. The maximum Gasteiger partial charge on any atom is 0.321 e. The lowest BCUT2D eigenvalue weighted by Gasteiger charge is -2.31. The Morgan fingerprint density at radius 1 is 0.738 bits per heavy atom. The number of phenolic OH excluding ortho intramolecular Hbond substituents is 2. The summed E-state index contributed by atoms with van der Waals surface area (Å²) in [6.07, 6.45) is 1.08. The first-order valence-corrected chi connectivity index (χ1v) is 16.6. The minimum absolute atomic E-state index is 0.178. The molecule has 42 heavy (non-hydrogen) atoms. The van der Waals surface area contributed by atoms with Crippen LogP contribution < -0.4 is 5.32 Å². The molecule has 0 bridgehead atoms. The fourth-order valence-electron chi connectivity index (χ4n) is 4.86. The number of hydrogen-bond acceptors (Lipinski definition) is 6. The smallest absolute Gasteiger partial charge is 0.321 e. The molecule has 0 radical (unpaired) electrons. The highest BCUT2D eigenvalue weighted by Crippen LogP contribution is 2.50. The second kappa shape index (κ2) is 13.4. The molecule has 0 amide bonds. The molecular formula is C35H55NO4S2. The molecule has 2 aromatic rings. The van der Waals surface area contributed by atoms with Crippen molar-refractivity contribution in [3.05, 3.63) is 46.5 Å². The van der Waals surface area contributed by atoms with E-state index in [1.165, 1.54) is 0 Å². The minimum atomic E-state index is -0.916. The monoisotopic (exact) mass is 617 g/mol. The quantitative estimate of drug-likeness (QED) is 0.148. The lowest BCUT2D eigenvalue weighted by Crippen LogP contribution is -2.39. The van der Waals surface area contributed by atoms with Crippen LogP contribution in [0.1, 0.15) is 119 Å². The number of aromatic hydroxyl groups is 2. The van der Waals surface area contributed by atoms with Crippen LogP contribution in [0.3, 0.4) is 0 Å². The van der Waals surface area contributed by atoms with E-state index >= 15 is 0 Å². The van der Waals surface area contributed by atoms with E-state index in [9.17, 15) is 20.1 Å². The van der Waals surface area contributed by atoms with Gasteiger partial charge < -0.3 is 20.6 Å². The molecule has 7 heteroatoms. The number of thioether (sulfide) groups is 2. The lowest BCUT2D eigenvalue weighted by atomic mass is 9.79. The van der Waals surface area contributed by atoms with E-state index in [1.54, 1.807) is 23.5 Å². The molecule has 2 aromatic carbocycles. The van der Waals surface area contributed by atoms with Gasteiger partial charge in [0.2, 0.25) is 0 Å². The molecule has 4 N–H and O–H groups in total. The number of rotatable bonds is 11. The van der Waals surface area contributed by atoms with Crippen LogP contribution in [0.2, 0.25) is 0 Å². The van der Waals surface area contributed by atoms with Crippen LogP contribution in [-0.2, 0) is 27.5 Å². The number of carbonyl (C=O) groups is 1. The average molecular weight is 618 g/mol. The van der Waals surface area contributed by atoms with Crippen molar-refractivity contribution in [3.8, 4) is 11.5 Å². The van der Waals surface area contributed by atoms with Gasteiger partial charge in [0.05, 0.1) is 4.08 Å². The summed E-state index contributed by atoms with van der Waals surface area (Å²) in [6, 6.07) is 7.44. The largest absolute Gasteiger partial charge is 0.507 e. The second-order valence-electron chi connectivity index (χ2n) is 15.4. The molecule has 0 aliphatic heterocycles. The molecule has 5 nitrogen and oxygen atoms in total. The summed E-state index contributed by atoms with van der Waals surface area (Å²) in [5.74, 6) is 0.107. The number of carboxylic acid groups (broad SMARTS) is 1. The van der Waals surface area contributed by atoms with Crippen molar-refractivity contribution < 1.29 is 20.1 Å². The van der Waals surface area contributed by atoms with Gasteiger partial charge in [0.25, 0.3) is 0 Å². The van der Waals surface area contributed by atoms with E-state index in [1.807, 2.05) is 12.1 Å². The molecular weight excluding hydrogens is 563 g/mol. The maximum atomic E-state index is 12.1. The van der Waals surface area contributed by atoms with E-state index in [0.29, 0.717) is 23.8 Å². The number of phenols is 2. The molecule has 0 fully saturated rings. The van der Waals surface area contributed by atoms with Crippen LogP contribution in [0.25, 0.3) is 0 Å². The predicted octanol–water partition coefficient (Wildman–Crippen LogP) is 9.24. The number of hydrogen-bond donors (Lipinski definition) is 4. The first-order valence-electron chi connectivity index (χ1n) is 15.0. The molecule has 0 aliphatic carbocycles. The van der Waals surface area contributed by atoms with Crippen molar-refractivity contribution in [3.63, 3.8) is 0 Å². The van der Waals surface area contributed by atoms with Crippen molar-refractivity contribution in [1.29, 1.82) is 0 Å². The van der Waals surface area contributed by atoms with Gasteiger partial charge in [0.15, 0.2) is 0 Å². The summed E-state index contributed by atoms with van der Waals surface area (Å²) in [7, 11) is 0. The van der Waals surface area contributed by atoms with Crippen molar-refractivity contribution >= 4 is 29.5 Å². The van der Waals surface area contributed by atoms with Gasteiger partial charge in [-0.2, -0.15) is 0 Å². The number of nitrogens with one attached hydrogen (secondary N) is 1. The Kier molecular flexibility index (Phi) is 11.6. The van der Waals surface area contributed by atoms with E-state index in [2.05, 4.69) is 107 Å². The summed E-state index contributed by atoms with van der Waals surface area (Å²) in [5, 5.41) is 35.6. The molecule has 236 valence electrons. The molecule has 0 aliphatic rings. The highest BCUT2D eigenvalue weighted by Gasteiger charge is 2.31. The third-order valence-corrected chi connectivity index (χ3v) is 9.66. The Bertz CT molecular complexity index is 1210. The van der Waals surface area contributed by atoms with Gasteiger partial charge in [-0.25, -0.2) is 0 Å². The van der Waals surface area contributed by atoms with Crippen molar-refractivity contribution in [2.24, 2.45) is 5.92 Å². The highest BCUT2D eigenvalue weighted by molar-refractivity contribution is 8.18. The standard InChI is InChI=1S/C35H55NO4S2/c1-21(2)14-15-36-28(31(39)40)17-22-16-23(18-25(29(22)37)32(3,4)5)41-35(12,13)42-24-19-26(33(6,7)8)30(38)27(20-24)34(9,10)11/h16,18-21,28,36-38H,14-15,17H2,1-13H3,(H,39,40). The highest BCUT2D eigenvalue weighted by atomic mass is 32.2. The van der Waals surface area contributed by atoms with Crippen molar-refractivity contribution in [2.75, 3.05) is 6.54 Å². The maximum absolute atomic E-state index is 12.1. The Morgan fingerprint density at radius 2 is 1.14 bits per heavy atom. The van der Waals surface area contributed by atoms with Crippen LogP contribution >= 0.6 is 23.5 Å². The van der Waals surface area contributed by atoms with Crippen LogP contribution in [-0.4, -0.2) is 38.0 Å². The topological polar surface area (TPSA) is 89.8 Å². The van der Waals surface area contributed by atoms with Crippen LogP contribution in [0.4, 0.5) is 0 Å². The molecule has 0 saturated carbocycles. The van der Waals surface area contributed by atoms with E-state index in [4.69, 9.17) is 0 Å². The molecule has 2 rings (SSSR count). The van der Waals surface area contributed by atoms with Crippen LogP contribution in [0.5, 0.6) is 11.5 Å². The zero-order valence-electron chi connectivity index (χ0n) is 28.2. The molecule has 0 aromatic heterocycles. The molecule has 0 spiro atoms. The van der Waals surface area contributed by atoms with Gasteiger partial charge in [-0.05, 0) is 78.8 Å². The first-order chi connectivity index (χ1) is 18.9. The third kappa shape index (κ3) is 10.1.